The van der Waals surface area contributed by atoms with Gasteiger partial charge in [-0.2, -0.15) is 0 Å². The van der Waals surface area contributed by atoms with Crippen LogP contribution in [0.4, 0.5) is 0 Å². The Morgan fingerprint density at radius 3 is 2.06 bits per heavy atom. The molecule has 1 saturated heterocycles. The van der Waals surface area contributed by atoms with Crippen LogP contribution >= 0.6 is 0 Å². The van der Waals surface area contributed by atoms with Crippen LogP contribution in [0.2, 0.25) is 0 Å². The molecule has 7 atom stereocenters. The fraction of sp³-hybridized carbons (Fsp3) is 0.652. The summed E-state index contributed by atoms with van der Waals surface area (Å²) in [6.07, 6.45) is 7.38. The van der Waals surface area contributed by atoms with Crippen molar-refractivity contribution in [1.29, 1.82) is 0 Å². The number of nitrogens with one attached hydrogen (secondary N) is 3. The average Bonchev–Trinajstić information content (AvgIpc) is 3.59. The number of guanidine groups is 2. The Hall–Kier alpha value is -6.40. The second kappa shape index (κ2) is 25.5. The number of carboxylic acid groups (broad SMARTS) is 1. The van der Waals surface area contributed by atoms with E-state index < -0.39 is 103 Å². The number of amides is 7. The molecule has 7 amide bonds. The van der Waals surface area contributed by atoms with Gasteiger partial charge in [0, 0.05) is 32.1 Å². The molecule has 4 aliphatic rings. The van der Waals surface area contributed by atoms with Crippen molar-refractivity contribution in [1.82, 2.24) is 30.7 Å². The minimum atomic E-state index is -1.66. The number of hydrogen-bond acceptors (Lipinski definition) is 13. The number of benzene rings is 1. The van der Waals surface area contributed by atoms with Crippen molar-refractivity contribution in [3.05, 3.63) is 35.4 Å². The van der Waals surface area contributed by atoms with Crippen LogP contribution in [-0.2, 0) is 51.3 Å². The molecule has 0 radical (unpaired) electrons. The van der Waals surface area contributed by atoms with Crippen LogP contribution in [0.25, 0.3) is 0 Å². The maximum absolute atomic E-state index is 14.7. The van der Waals surface area contributed by atoms with Gasteiger partial charge in [-0.05, 0) is 74.8 Å². The van der Waals surface area contributed by atoms with Crippen molar-refractivity contribution in [3.63, 3.8) is 0 Å². The third-order valence-corrected chi connectivity index (χ3v) is 13.8. The standard InChI is InChI=1S/C46H72N14O10/c47-30(14-9-19-53-44(48)49)38(64)57-31(15-10-20-54-45(50)51)39(65)55-23-37(63)59(43(70)46(52)17-7-1-2-8-18-46)25-36(62)56-32(26-61)40(66)58-24-29-13-4-3-11-27(29)21-34(58)41(67)60-33-16-6-5-12-28(33)22-35(60)42(68)69/h3-4,11,13,28,30-35,61H,1-2,5-10,12,14-26,47,52H2,(H,55,65)(H,56,62)(H,57,64)(H,68,69)(H4,48,49,53)(H4,50,51,54)/t28-,30+,31-,32-,33-,34+,35-/m0/s1. The van der Waals surface area contributed by atoms with E-state index in [-0.39, 0.29) is 82.0 Å². The number of nitrogens with two attached hydrogens (primary N) is 6. The number of aliphatic hydroxyl groups is 1. The maximum Gasteiger partial charge on any atom is 0.326 e. The van der Waals surface area contributed by atoms with Crippen molar-refractivity contribution in [2.45, 2.75) is 151 Å². The van der Waals surface area contributed by atoms with Crippen LogP contribution in [-0.4, -0.2) is 159 Å². The van der Waals surface area contributed by atoms with Crippen LogP contribution in [0.3, 0.4) is 0 Å². The summed E-state index contributed by atoms with van der Waals surface area (Å²) in [6.45, 7) is -2.50. The third kappa shape index (κ3) is 14.3. The maximum atomic E-state index is 14.7. The summed E-state index contributed by atoms with van der Waals surface area (Å²) < 4.78 is 0. The van der Waals surface area contributed by atoms with E-state index in [0.717, 1.165) is 37.7 Å². The molecule has 0 unspecified atom stereocenters. The zero-order valence-electron chi connectivity index (χ0n) is 39.8. The number of aliphatic hydroxyl groups excluding tert-OH is 1. The van der Waals surface area contributed by atoms with Gasteiger partial charge in [-0.15, -0.1) is 0 Å². The fourth-order valence-corrected chi connectivity index (χ4v) is 10.1. The van der Waals surface area contributed by atoms with Crippen LogP contribution in [0, 0.1) is 5.92 Å². The number of likely N-dealkylation sites (tertiary alicyclic amines) is 1. The first-order chi connectivity index (χ1) is 33.3. The van der Waals surface area contributed by atoms with Crippen LogP contribution in [0.1, 0.15) is 107 Å². The molecule has 0 spiro atoms. The summed E-state index contributed by atoms with van der Waals surface area (Å²) in [5.74, 6) is -7.27. The lowest BCUT2D eigenvalue weighted by molar-refractivity contribution is -0.156. The monoisotopic (exact) mass is 981 g/mol. The molecule has 3 fully saturated rings. The predicted octanol–water partition coefficient (Wildman–Crippen LogP) is -2.90. The number of carbonyl (C=O) groups is 8. The van der Waals surface area contributed by atoms with E-state index in [2.05, 4.69) is 25.9 Å². The summed E-state index contributed by atoms with van der Waals surface area (Å²) in [7, 11) is 0. The minimum absolute atomic E-state index is 0.00295. The minimum Gasteiger partial charge on any atom is -0.480 e. The first-order valence-electron chi connectivity index (χ1n) is 24.3. The molecule has 2 aliphatic heterocycles. The quantitative estimate of drug-likeness (QED) is 0.0255. The van der Waals surface area contributed by atoms with Crippen LogP contribution < -0.4 is 50.4 Å². The number of nitrogens with zero attached hydrogens (tertiary/aromatic N) is 5. The number of aliphatic carboxylic acids is 1. The first-order valence-corrected chi connectivity index (χ1v) is 24.3. The average molecular weight is 981 g/mol. The lowest BCUT2D eigenvalue weighted by Crippen LogP contribution is -2.62. The van der Waals surface area contributed by atoms with E-state index in [1.165, 1.54) is 9.80 Å². The zero-order chi connectivity index (χ0) is 51.1. The van der Waals surface area contributed by atoms with Crippen molar-refractivity contribution >= 4 is 59.2 Å². The normalized spacial score (nSPS) is 21.8. The molecular formula is C46H72N14O10. The predicted molar refractivity (Wildman–Crippen MR) is 256 cm³/mol. The Kier molecular flexibility index (Phi) is 19.8. The second-order valence-electron chi connectivity index (χ2n) is 18.8. The Balaban J connectivity index is 1.34. The first kappa shape index (κ1) is 54.5. The van der Waals surface area contributed by atoms with E-state index in [9.17, 15) is 48.6 Å². The third-order valence-electron chi connectivity index (χ3n) is 13.8. The zero-order valence-corrected chi connectivity index (χ0v) is 39.8. The van der Waals surface area contributed by atoms with Crippen LogP contribution in [0.15, 0.2) is 34.3 Å². The highest BCUT2D eigenvalue weighted by Crippen LogP contribution is 2.41. The van der Waals surface area contributed by atoms with Crippen molar-refractivity contribution in [3.8, 4) is 0 Å². The van der Waals surface area contributed by atoms with E-state index in [1.807, 2.05) is 6.07 Å². The SMILES string of the molecule is NC(N)=NCCC[C@@H](N)C(=O)N[C@@H](CCCN=C(N)N)C(=O)NCC(=O)N(CC(=O)N[C@@H](CO)C(=O)N1Cc2ccccc2C[C@@H]1C(=O)N1[C@H](C(=O)O)C[C@@H]2CCCC[C@@H]21)C(=O)C1(N)CCCCCC1. The molecule has 386 valence electrons. The summed E-state index contributed by atoms with van der Waals surface area (Å²) in [5.41, 5.74) is 34.3. The highest BCUT2D eigenvalue weighted by molar-refractivity contribution is 6.05. The summed E-state index contributed by atoms with van der Waals surface area (Å²) in [6, 6.07) is 0.667. The van der Waals surface area contributed by atoms with Gasteiger partial charge in [-0.3, -0.25) is 48.4 Å². The van der Waals surface area contributed by atoms with Crippen molar-refractivity contribution in [2.24, 2.45) is 50.3 Å². The fourth-order valence-electron chi connectivity index (χ4n) is 10.1. The Bertz CT molecular complexity index is 2120. The highest BCUT2D eigenvalue weighted by Gasteiger charge is 2.51. The van der Waals surface area contributed by atoms with E-state index in [0.29, 0.717) is 42.6 Å². The molecular weight excluding hydrogens is 909 g/mol. The largest absolute Gasteiger partial charge is 0.480 e. The molecule has 1 aromatic carbocycles. The van der Waals surface area contributed by atoms with Gasteiger partial charge in [-0.25, -0.2) is 4.79 Å². The number of rotatable bonds is 21. The molecule has 24 nitrogen and oxygen atoms in total. The van der Waals surface area contributed by atoms with Gasteiger partial charge >= 0.3 is 5.97 Å². The number of carboxylic acids is 1. The molecule has 2 aliphatic carbocycles. The summed E-state index contributed by atoms with van der Waals surface area (Å²) >= 11 is 0. The molecule has 70 heavy (non-hydrogen) atoms. The lowest BCUT2D eigenvalue weighted by Gasteiger charge is -2.42. The van der Waals surface area contributed by atoms with Crippen molar-refractivity contribution < 1.29 is 48.6 Å². The molecule has 2 saturated carbocycles. The van der Waals surface area contributed by atoms with Gasteiger partial charge in [0.2, 0.25) is 41.4 Å². The van der Waals surface area contributed by atoms with E-state index in [4.69, 9.17) is 34.4 Å². The van der Waals surface area contributed by atoms with Gasteiger partial charge < -0.3 is 70.4 Å². The molecule has 2 heterocycles. The Morgan fingerprint density at radius 2 is 1.43 bits per heavy atom. The molecule has 17 N–H and O–H groups in total. The smallest absolute Gasteiger partial charge is 0.326 e. The highest BCUT2D eigenvalue weighted by atomic mass is 16.4. The molecule has 0 bridgehead atoms. The number of imide groups is 1. The molecule has 5 rings (SSSR count). The number of carbonyl (C=O) groups excluding carboxylic acids is 7. The van der Waals surface area contributed by atoms with Gasteiger partial charge in [-0.1, -0.05) is 62.8 Å². The number of fused-ring (bicyclic) bond motifs is 2. The van der Waals surface area contributed by atoms with E-state index in [1.54, 1.807) is 18.2 Å². The lowest BCUT2D eigenvalue weighted by atomic mass is 9.84. The summed E-state index contributed by atoms with van der Waals surface area (Å²) in [5, 5.41) is 28.4. The van der Waals surface area contributed by atoms with E-state index >= 15 is 0 Å². The number of aliphatic imine (C=N–C) groups is 2. The second-order valence-corrected chi connectivity index (χ2v) is 18.8. The Labute approximate surface area is 407 Å². The number of hydrogen-bond donors (Lipinski definition) is 11. The van der Waals surface area contributed by atoms with Gasteiger partial charge in [0.1, 0.15) is 30.7 Å². The topological polar surface area (TPSA) is 404 Å². The molecule has 1 aromatic rings. The van der Waals surface area contributed by atoms with Crippen LogP contribution in [0.5, 0.6) is 0 Å². The van der Waals surface area contributed by atoms with Gasteiger partial charge in [0.05, 0.1) is 24.7 Å². The van der Waals surface area contributed by atoms with Gasteiger partial charge in [0.15, 0.2) is 11.9 Å². The Morgan fingerprint density at radius 1 is 0.800 bits per heavy atom. The molecule has 24 heteroatoms. The molecule has 0 aromatic heterocycles. The van der Waals surface area contributed by atoms with Crippen molar-refractivity contribution in [2.75, 3.05) is 32.8 Å². The summed E-state index contributed by atoms with van der Waals surface area (Å²) in [4.78, 5) is 122. The van der Waals surface area contributed by atoms with Gasteiger partial charge in [0.25, 0.3) is 0 Å².